The van der Waals surface area contributed by atoms with Crippen LogP contribution in [0.15, 0.2) is 40.9 Å². The molecule has 0 fully saturated rings. The molecule has 0 amide bonds. The Labute approximate surface area is 145 Å². The Balaban J connectivity index is 2.32. The summed E-state index contributed by atoms with van der Waals surface area (Å²) in [7, 11) is 0. The minimum absolute atomic E-state index is 0.491. The average molecular weight is 405 g/mol. The van der Waals surface area contributed by atoms with E-state index in [1.54, 1.807) is 0 Å². The van der Waals surface area contributed by atoms with Crippen molar-refractivity contribution in [3.05, 3.63) is 56.7 Å². The van der Waals surface area contributed by atoms with Crippen LogP contribution in [-0.4, -0.2) is 15.4 Å². The van der Waals surface area contributed by atoms with E-state index >= 15 is 0 Å². The molecule has 21 heavy (non-hydrogen) atoms. The Morgan fingerprint density at radius 3 is 2.62 bits per heavy atom. The summed E-state index contributed by atoms with van der Waals surface area (Å²) in [5.74, 6) is 1.36. The van der Waals surface area contributed by atoms with Crippen molar-refractivity contribution in [1.82, 2.24) is 9.55 Å². The molecule has 0 radical (unpaired) electrons. The molecule has 3 aromatic rings. The zero-order valence-electron chi connectivity index (χ0n) is 10.8. The lowest BCUT2D eigenvalue weighted by molar-refractivity contribution is 0.912. The average Bonchev–Trinajstić information content (AvgIpc) is 2.82. The van der Waals surface area contributed by atoms with Gasteiger partial charge in [-0.2, -0.15) is 0 Å². The van der Waals surface area contributed by atoms with E-state index in [1.807, 2.05) is 41.0 Å². The van der Waals surface area contributed by atoms with Gasteiger partial charge in [-0.1, -0.05) is 29.3 Å². The zero-order chi connectivity index (χ0) is 15.0. The van der Waals surface area contributed by atoms with Crippen molar-refractivity contribution < 1.29 is 0 Å². The second-order valence-electron chi connectivity index (χ2n) is 4.51. The van der Waals surface area contributed by atoms with E-state index in [0.717, 1.165) is 27.0 Å². The summed E-state index contributed by atoms with van der Waals surface area (Å²) in [4.78, 5) is 4.63. The minimum Gasteiger partial charge on any atom is -0.295 e. The molecule has 1 aromatic heterocycles. The van der Waals surface area contributed by atoms with Crippen molar-refractivity contribution >= 4 is 61.8 Å². The van der Waals surface area contributed by atoms with Crippen LogP contribution in [0, 0.1) is 0 Å². The Kier molecular flexibility index (Phi) is 4.46. The van der Waals surface area contributed by atoms with E-state index in [9.17, 15) is 0 Å². The maximum absolute atomic E-state index is 6.36. The van der Waals surface area contributed by atoms with Crippen LogP contribution in [0.3, 0.4) is 0 Å². The molecule has 3 rings (SSSR count). The van der Waals surface area contributed by atoms with Crippen molar-refractivity contribution in [3.8, 4) is 5.69 Å². The van der Waals surface area contributed by atoms with Gasteiger partial charge in [0.15, 0.2) is 0 Å². The third-order valence-electron chi connectivity index (χ3n) is 3.18. The number of para-hydroxylation sites is 1. The highest BCUT2D eigenvalue weighted by molar-refractivity contribution is 9.10. The van der Waals surface area contributed by atoms with Gasteiger partial charge in [0.2, 0.25) is 0 Å². The Morgan fingerprint density at radius 1 is 1.10 bits per heavy atom. The van der Waals surface area contributed by atoms with Gasteiger partial charge in [-0.25, -0.2) is 4.98 Å². The van der Waals surface area contributed by atoms with E-state index in [1.165, 1.54) is 0 Å². The van der Waals surface area contributed by atoms with Crippen LogP contribution >= 0.6 is 50.7 Å². The van der Waals surface area contributed by atoms with Gasteiger partial charge in [0.05, 0.1) is 21.1 Å². The normalized spacial score (nSPS) is 11.2. The molecular weight excluding hydrogens is 394 g/mol. The molecule has 0 saturated heterocycles. The van der Waals surface area contributed by atoms with Crippen molar-refractivity contribution in [3.63, 3.8) is 0 Å². The second kappa shape index (κ2) is 6.17. The predicted octanol–water partition coefficient (Wildman–Crippen LogP) is 5.88. The van der Waals surface area contributed by atoms with Crippen LogP contribution in [0.25, 0.3) is 16.7 Å². The first kappa shape index (κ1) is 15.2. The lowest BCUT2D eigenvalue weighted by Gasteiger charge is -2.10. The summed E-state index contributed by atoms with van der Waals surface area (Å²) in [6.45, 7) is 0. The van der Waals surface area contributed by atoms with Gasteiger partial charge >= 0.3 is 0 Å². The second-order valence-corrected chi connectivity index (χ2v) is 6.56. The first-order valence-electron chi connectivity index (χ1n) is 6.29. The van der Waals surface area contributed by atoms with E-state index in [-0.39, 0.29) is 0 Å². The predicted molar refractivity (Wildman–Crippen MR) is 93.2 cm³/mol. The van der Waals surface area contributed by atoms with E-state index in [2.05, 4.69) is 20.9 Å². The molecule has 0 saturated carbocycles. The van der Waals surface area contributed by atoms with E-state index in [4.69, 9.17) is 34.8 Å². The molecule has 0 atom stereocenters. The smallest absolute Gasteiger partial charge is 0.115 e. The molecule has 0 aliphatic rings. The molecule has 0 aliphatic heterocycles. The highest BCUT2D eigenvalue weighted by Gasteiger charge is 2.15. The standard InChI is InChI=1S/C15H10BrCl3N2/c16-10-5-4-9(8-12(10)19)21-14(6-7-17)20-13-3-1-2-11(18)15(13)21/h1-5,8H,6-7H2. The number of aryl methyl sites for hydroxylation is 1. The quantitative estimate of drug-likeness (QED) is 0.499. The largest absolute Gasteiger partial charge is 0.295 e. The van der Waals surface area contributed by atoms with Crippen LogP contribution in [0.4, 0.5) is 0 Å². The van der Waals surface area contributed by atoms with Crippen LogP contribution < -0.4 is 0 Å². The van der Waals surface area contributed by atoms with Crippen LogP contribution in [0.2, 0.25) is 10.0 Å². The molecular formula is C15H10BrCl3N2. The third-order valence-corrected chi connectivity index (χ3v) is 4.90. The van der Waals surface area contributed by atoms with Gasteiger partial charge in [-0.3, -0.25) is 4.57 Å². The van der Waals surface area contributed by atoms with Crippen LogP contribution in [0.5, 0.6) is 0 Å². The number of aromatic nitrogens is 2. The number of rotatable bonds is 3. The van der Waals surface area contributed by atoms with Gasteiger partial charge in [0, 0.05) is 22.5 Å². The Hall–Kier alpha value is -0.740. The number of nitrogens with zero attached hydrogens (tertiary/aromatic N) is 2. The number of benzene rings is 2. The fourth-order valence-corrected chi connectivity index (χ4v) is 3.13. The summed E-state index contributed by atoms with van der Waals surface area (Å²) >= 11 is 21.9. The third kappa shape index (κ3) is 2.80. The zero-order valence-corrected chi connectivity index (χ0v) is 14.6. The summed E-state index contributed by atoms with van der Waals surface area (Å²) in [6.07, 6.45) is 0.653. The van der Waals surface area contributed by atoms with Gasteiger partial charge in [-0.15, -0.1) is 11.6 Å². The van der Waals surface area contributed by atoms with Gasteiger partial charge in [0.25, 0.3) is 0 Å². The number of fused-ring (bicyclic) bond motifs is 1. The summed E-state index contributed by atoms with van der Waals surface area (Å²) < 4.78 is 2.86. The first-order valence-corrected chi connectivity index (χ1v) is 8.37. The van der Waals surface area contributed by atoms with Crippen molar-refractivity contribution in [2.45, 2.75) is 6.42 Å². The fourth-order valence-electron chi connectivity index (χ4n) is 2.29. The highest BCUT2D eigenvalue weighted by atomic mass is 79.9. The van der Waals surface area contributed by atoms with Crippen molar-refractivity contribution in [2.24, 2.45) is 0 Å². The summed E-state index contributed by atoms with van der Waals surface area (Å²) in [5.41, 5.74) is 2.64. The highest BCUT2D eigenvalue weighted by Crippen LogP contribution is 2.31. The van der Waals surface area contributed by atoms with Gasteiger partial charge in [-0.05, 0) is 46.3 Å². The lowest BCUT2D eigenvalue weighted by Crippen LogP contribution is -2.02. The van der Waals surface area contributed by atoms with Crippen molar-refractivity contribution in [2.75, 3.05) is 5.88 Å². The SMILES string of the molecule is ClCCc1nc2cccc(Cl)c2n1-c1ccc(Br)c(Cl)c1. The Morgan fingerprint density at radius 2 is 1.90 bits per heavy atom. The molecule has 0 aliphatic carbocycles. The Bertz CT molecular complexity index is 814. The minimum atomic E-state index is 0.491. The molecule has 2 aromatic carbocycles. The summed E-state index contributed by atoms with van der Waals surface area (Å²) in [5, 5.41) is 1.29. The molecule has 108 valence electrons. The molecule has 0 bridgehead atoms. The summed E-state index contributed by atoms with van der Waals surface area (Å²) in [6, 6.07) is 11.4. The first-order chi connectivity index (χ1) is 10.1. The topological polar surface area (TPSA) is 17.8 Å². The molecule has 0 N–H and O–H groups in total. The van der Waals surface area contributed by atoms with E-state index in [0.29, 0.717) is 22.3 Å². The number of imidazole rings is 1. The number of halogens is 4. The van der Waals surface area contributed by atoms with Crippen LogP contribution in [-0.2, 0) is 6.42 Å². The molecule has 6 heteroatoms. The van der Waals surface area contributed by atoms with E-state index < -0.39 is 0 Å². The molecule has 2 nitrogen and oxygen atoms in total. The maximum Gasteiger partial charge on any atom is 0.115 e. The lowest BCUT2D eigenvalue weighted by atomic mass is 10.2. The fraction of sp³-hybridized carbons (Fsp3) is 0.133. The number of hydrogen-bond acceptors (Lipinski definition) is 1. The number of alkyl halides is 1. The molecule has 1 heterocycles. The van der Waals surface area contributed by atoms with Gasteiger partial charge < -0.3 is 0 Å². The molecule has 0 unspecified atom stereocenters. The van der Waals surface area contributed by atoms with Crippen molar-refractivity contribution in [1.29, 1.82) is 0 Å². The van der Waals surface area contributed by atoms with Gasteiger partial charge in [0.1, 0.15) is 5.82 Å². The van der Waals surface area contributed by atoms with Crippen LogP contribution in [0.1, 0.15) is 5.82 Å². The molecule has 0 spiro atoms. The monoisotopic (exact) mass is 402 g/mol. The number of hydrogen-bond donors (Lipinski definition) is 0. The maximum atomic E-state index is 6.36.